The van der Waals surface area contributed by atoms with Crippen LogP contribution in [0.3, 0.4) is 0 Å². The minimum Gasteiger partial charge on any atom is -0.350 e. The van der Waals surface area contributed by atoms with Gasteiger partial charge in [-0.25, -0.2) is 9.97 Å². The molecule has 2 amide bonds. The summed E-state index contributed by atoms with van der Waals surface area (Å²) < 4.78 is 3.06. The summed E-state index contributed by atoms with van der Waals surface area (Å²) in [7, 11) is 0. The fraction of sp³-hybridized carbons (Fsp3) is 0.400. The molecular weight excluding hydrogens is 374 g/mol. The van der Waals surface area contributed by atoms with Crippen LogP contribution in [0.5, 0.6) is 0 Å². The van der Waals surface area contributed by atoms with Gasteiger partial charge in [-0.05, 0) is 31.9 Å². The van der Waals surface area contributed by atoms with E-state index < -0.39 is 0 Å². The number of likely N-dealkylation sites (N-methyl/N-ethyl adjacent to an activating group) is 1. The Morgan fingerprint density at radius 3 is 2.93 bits per heavy atom. The average Bonchev–Trinajstić information content (AvgIpc) is 3.30. The van der Waals surface area contributed by atoms with Crippen molar-refractivity contribution in [1.29, 1.82) is 0 Å². The third-order valence-electron chi connectivity index (χ3n) is 4.90. The number of para-hydroxylation sites is 1. The van der Waals surface area contributed by atoms with Crippen molar-refractivity contribution in [3.8, 4) is 0 Å². The van der Waals surface area contributed by atoms with Crippen LogP contribution in [-0.2, 0) is 24.3 Å². The van der Waals surface area contributed by atoms with Gasteiger partial charge >= 0.3 is 0 Å². The zero-order chi connectivity index (χ0) is 19.5. The van der Waals surface area contributed by atoms with Crippen molar-refractivity contribution in [3.63, 3.8) is 0 Å². The van der Waals surface area contributed by atoms with Gasteiger partial charge in [-0.1, -0.05) is 12.1 Å². The maximum absolute atomic E-state index is 12.3. The van der Waals surface area contributed by atoms with Crippen molar-refractivity contribution in [1.82, 2.24) is 24.8 Å². The van der Waals surface area contributed by atoms with Crippen LogP contribution in [0.4, 0.5) is 0 Å². The zero-order valence-corrected chi connectivity index (χ0v) is 16.7. The Bertz CT molecular complexity index is 976. The normalized spacial score (nSPS) is 13.8. The molecule has 0 fully saturated rings. The Hall–Kier alpha value is -2.74. The number of amides is 2. The number of nitrogens with one attached hydrogen (secondary N) is 1. The molecule has 0 saturated carbocycles. The first kappa shape index (κ1) is 18.6. The monoisotopic (exact) mass is 397 g/mol. The van der Waals surface area contributed by atoms with Crippen molar-refractivity contribution in [2.75, 3.05) is 13.1 Å². The van der Waals surface area contributed by atoms with Gasteiger partial charge in [0.05, 0.1) is 27.5 Å². The summed E-state index contributed by atoms with van der Waals surface area (Å²) in [5.74, 6) is 0.420. The molecule has 1 aromatic carbocycles. The Balaban J connectivity index is 1.25. The first-order valence-corrected chi connectivity index (χ1v) is 10.4. The number of nitrogens with zero attached hydrogens (tertiary/aromatic N) is 4. The van der Waals surface area contributed by atoms with Gasteiger partial charge in [-0.15, -0.1) is 11.3 Å². The van der Waals surface area contributed by atoms with Gasteiger partial charge in [-0.2, -0.15) is 0 Å². The topological polar surface area (TPSA) is 80.1 Å². The standard InChI is InChI=1S/C20H23N5O2S/c1-2-24-10-11-25-13-14(22-19(25)20(24)27)12-21-17(26)8-5-9-18-23-15-6-3-4-7-16(15)28-18/h3-4,6-7,13H,2,5,8-12H2,1H3,(H,21,26). The molecule has 0 unspecified atom stereocenters. The number of aryl methyl sites for hydroxylation is 1. The van der Waals surface area contributed by atoms with E-state index in [1.165, 1.54) is 4.70 Å². The lowest BCUT2D eigenvalue weighted by atomic mass is 10.2. The van der Waals surface area contributed by atoms with Crippen molar-refractivity contribution < 1.29 is 9.59 Å². The zero-order valence-electron chi connectivity index (χ0n) is 15.9. The van der Waals surface area contributed by atoms with E-state index in [0.29, 0.717) is 31.9 Å². The van der Waals surface area contributed by atoms with Crippen LogP contribution in [0.15, 0.2) is 30.5 Å². The van der Waals surface area contributed by atoms with Gasteiger partial charge in [0.15, 0.2) is 5.82 Å². The Kier molecular flexibility index (Phi) is 5.38. The highest BCUT2D eigenvalue weighted by Gasteiger charge is 2.25. The molecule has 0 bridgehead atoms. The van der Waals surface area contributed by atoms with Crippen molar-refractivity contribution in [2.24, 2.45) is 0 Å². The van der Waals surface area contributed by atoms with Crippen LogP contribution >= 0.6 is 11.3 Å². The van der Waals surface area contributed by atoms with Gasteiger partial charge in [0.2, 0.25) is 5.91 Å². The third kappa shape index (κ3) is 3.91. The highest BCUT2D eigenvalue weighted by Crippen LogP contribution is 2.22. The number of rotatable bonds is 7. The highest BCUT2D eigenvalue weighted by atomic mass is 32.1. The quantitative estimate of drug-likeness (QED) is 0.665. The van der Waals surface area contributed by atoms with E-state index in [1.807, 2.05) is 35.9 Å². The molecule has 0 radical (unpaired) electrons. The highest BCUT2D eigenvalue weighted by molar-refractivity contribution is 7.18. The number of carbonyl (C=O) groups excluding carboxylic acids is 2. The Morgan fingerprint density at radius 1 is 1.25 bits per heavy atom. The minimum absolute atomic E-state index is 0.00593. The number of fused-ring (bicyclic) bond motifs is 2. The summed E-state index contributed by atoms with van der Waals surface area (Å²) in [4.78, 5) is 35.2. The van der Waals surface area contributed by atoms with E-state index in [-0.39, 0.29) is 11.8 Å². The maximum Gasteiger partial charge on any atom is 0.289 e. The summed E-state index contributed by atoms with van der Waals surface area (Å²) in [6, 6.07) is 8.08. The summed E-state index contributed by atoms with van der Waals surface area (Å²) in [6.07, 6.45) is 3.87. The molecule has 1 N–H and O–H groups in total. The molecule has 0 saturated heterocycles. The van der Waals surface area contributed by atoms with E-state index in [4.69, 9.17) is 0 Å². The number of hydrogen-bond acceptors (Lipinski definition) is 5. The lowest BCUT2D eigenvalue weighted by Crippen LogP contribution is -2.40. The molecule has 2 aromatic heterocycles. The number of imidazole rings is 1. The number of hydrogen-bond donors (Lipinski definition) is 1. The summed E-state index contributed by atoms with van der Waals surface area (Å²) in [6.45, 7) is 4.45. The number of carbonyl (C=O) groups is 2. The first-order valence-electron chi connectivity index (χ1n) is 9.60. The second kappa shape index (κ2) is 8.10. The second-order valence-corrected chi connectivity index (χ2v) is 7.95. The molecule has 8 heteroatoms. The molecule has 3 aromatic rings. The van der Waals surface area contributed by atoms with E-state index in [0.717, 1.165) is 35.6 Å². The van der Waals surface area contributed by atoms with Gasteiger partial charge in [-0.3, -0.25) is 9.59 Å². The molecule has 1 aliphatic rings. The van der Waals surface area contributed by atoms with Crippen LogP contribution in [0.25, 0.3) is 10.2 Å². The van der Waals surface area contributed by atoms with E-state index in [2.05, 4.69) is 21.4 Å². The van der Waals surface area contributed by atoms with Crippen LogP contribution in [0.1, 0.15) is 41.1 Å². The largest absolute Gasteiger partial charge is 0.350 e. The molecular formula is C20H23N5O2S. The maximum atomic E-state index is 12.3. The van der Waals surface area contributed by atoms with Crippen LogP contribution in [-0.4, -0.2) is 44.3 Å². The van der Waals surface area contributed by atoms with E-state index in [9.17, 15) is 9.59 Å². The van der Waals surface area contributed by atoms with Crippen molar-refractivity contribution in [3.05, 3.63) is 47.0 Å². The van der Waals surface area contributed by atoms with Crippen LogP contribution in [0.2, 0.25) is 0 Å². The summed E-state index contributed by atoms with van der Waals surface area (Å²) in [5.41, 5.74) is 1.74. The molecule has 4 rings (SSSR count). The summed E-state index contributed by atoms with van der Waals surface area (Å²) >= 11 is 1.69. The lowest BCUT2D eigenvalue weighted by molar-refractivity contribution is -0.121. The molecule has 3 heterocycles. The number of thiazole rings is 1. The molecule has 0 spiro atoms. The average molecular weight is 398 g/mol. The summed E-state index contributed by atoms with van der Waals surface area (Å²) in [5, 5.41) is 3.97. The smallest absolute Gasteiger partial charge is 0.289 e. The van der Waals surface area contributed by atoms with Crippen LogP contribution < -0.4 is 5.32 Å². The molecule has 0 aliphatic carbocycles. The van der Waals surface area contributed by atoms with E-state index >= 15 is 0 Å². The van der Waals surface area contributed by atoms with Gasteiger partial charge in [0, 0.05) is 32.3 Å². The minimum atomic E-state index is -0.0397. The number of aromatic nitrogens is 3. The fourth-order valence-corrected chi connectivity index (χ4v) is 4.38. The first-order chi connectivity index (χ1) is 13.6. The SMILES string of the molecule is CCN1CCn2cc(CNC(=O)CCCc3nc4ccccc4s3)nc2C1=O. The lowest BCUT2D eigenvalue weighted by Gasteiger charge is -2.25. The van der Waals surface area contributed by atoms with E-state index in [1.54, 1.807) is 16.2 Å². The molecule has 1 aliphatic heterocycles. The van der Waals surface area contributed by atoms with Gasteiger partial charge < -0.3 is 14.8 Å². The Morgan fingerprint density at radius 2 is 2.11 bits per heavy atom. The van der Waals surface area contributed by atoms with Crippen molar-refractivity contribution >= 4 is 33.4 Å². The second-order valence-electron chi connectivity index (χ2n) is 6.84. The predicted octanol–water partition coefficient (Wildman–Crippen LogP) is 2.61. The van der Waals surface area contributed by atoms with Crippen LogP contribution in [0, 0.1) is 0 Å². The molecule has 28 heavy (non-hydrogen) atoms. The van der Waals surface area contributed by atoms with Gasteiger partial charge in [0.1, 0.15) is 0 Å². The van der Waals surface area contributed by atoms with Crippen molar-refractivity contribution in [2.45, 2.75) is 39.3 Å². The fourth-order valence-electron chi connectivity index (χ4n) is 3.37. The van der Waals surface area contributed by atoms with Gasteiger partial charge in [0.25, 0.3) is 5.91 Å². The Labute approximate surface area is 167 Å². The predicted molar refractivity (Wildman–Crippen MR) is 108 cm³/mol. The molecule has 146 valence electrons. The molecule has 7 nitrogen and oxygen atoms in total. The molecule has 0 atom stereocenters. The third-order valence-corrected chi connectivity index (χ3v) is 5.99. The number of benzene rings is 1.